The van der Waals surface area contributed by atoms with E-state index in [0.29, 0.717) is 5.56 Å². The molecule has 0 unspecified atom stereocenters. The first kappa shape index (κ1) is 9.88. The summed E-state index contributed by atoms with van der Waals surface area (Å²) in [5, 5.41) is 8.69. The maximum atomic E-state index is 8.69. The van der Waals surface area contributed by atoms with E-state index in [-0.39, 0.29) is 0 Å². The fraction of sp³-hybridized carbons (Fsp3) is 0.182. The minimum Gasteiger partial charge on any atom is -0.192 e. The molecule has 0 saturated carbocycles. The Bertz CT molecular complexity index is 361. The molecule has 13 heavy (non-hydrogen) atoms. The summed E-state index contributed by atoms with van der Waals surface area (Å²) < 4.78 is 0. The SMILES string of the molecule is Cc1ccc(C#N)cc1C=CCS. The van der Waals surface area contributed by atoms with Gasteiger partial charge in [-0.25, -0.2) is 0 Å². The van der Waals surface area contributed by atoms with Gasteiger partial charge in [0.05, 0.1) is 11.6 Å². The van der Waals surface area contributed by atoms with Crippen molar-refractivity contribution in [1.29, 1.82) is 5.26 Å². The van der Waals surface area contributed by atoms with E-state index in [4.69, 9.17) is 5.26 Å². The maximum Gasteiger partial charge on any atom is 0.0991 e. The smallest absolute Gasteiger partial charge is 0.0991 e. The van der Waals surface area contributed by atoms with Crippen molar-refractivity contribution in [3.05, 3.63) is 41.0 Å². The lowest BCUT2D eigenvalue weighted by Gasteiger charge is -1.99. The Morgan fingerprint density at radius 1 is 1.54 bits per heavy atom. The van der Waals surface area contributed by atoms with Gasteiger partial charge in [0.15, 0.2) is 0 Å². The largest absolute Gasteiger partial charge is 0.192 e. The molecule has 0 aliphatic heterocycles. The van der Waals surface area contributed by atoms with Crippen molar-refractivity contribution in [2.45, 2.75) is 6.92 Å². The highest BCUT2D eigenvalue weighted by atomic mass is 32.1. The fourth-order valence-electron chi connectivity index (χ4n) is 1.07. The first-order chi connectivity index (χ1) is 6.27. The number of hydrogen-bond acceptors (Lipinski definition) is 2. The zero-order chi connectivity index (χ0) is 9.68. The first-order valence-corrected chi connectivity index (χ1v) is 4.69. The van der Waals surface area contributed by atoms with Gasteiger partial charge >= 0.3 is 0 Å². The van der Waals surface area contributed by atoms with Gasteiger partial charge in [0.25, 0.3) is 0 Å². The molecule has 0 radical (unpaired) electrons. The van der Waals surface area contributed by atoms with E-state index in [2.05, 4.69) is 18.7 Å². The van der Waals surface area contributed by atoms with E-state index in [9.17, 15) is 0 Å². The monoisotopic (exact) mass is 189 g/mol. The second kappa shape index (κ2) is 4.74. The van der Waals surface area contributed by atoms with Crippen LogP contribution in [0.5, 0.6) is 0 Å². The molecule has 2 heteroatoms. The molecular weight excluding hydrogens is 178 g/mol. The third-order valence-electron chi connectivity index (χ3n) is 1.81. The molecule has 0 fully saturated rings. The zero-order valence-corrected chi connectivity index (χ0v) is 8.38. The van der Waals surface area contributed by atoms with Crippen LogP contribution in [0.25, 0.3) is 6.08 Å². The lowest BCUT2D eigenvalue weighted by Crippen LogP contribution is -1.82. The molecule has 0 aliphatic rings. The van der Waals surface area contributed by atoms with Crippen molar-refractivity contribution in [2.24, 2.45) is 0 Å². The van der Waals surface area contributed by atoms with Gasteiger partial charge in [-0.2, -0.15) is 17.9 Å². The molecule has 0 amide bonds. The number of aryl methyl sites for hydroxylation is 1. The van der Waals surface area contributed by atoms with Gasteiger partial charge in [0.1, 0.15) is 0 Å². The van der Waals surface area contributed by atoms with Gasteiger partial charge in [-0.15, -0.1) is 0 Å². The van der Waals surface area contributed by atoms with Crippen LogP contribution in [-0.4, -0.2) is 5.75 Å². The second-order valence-corrected chi connectivity index (χ2v) is 3.13. The molecule has 1 aromatic carbocycles. The highest BCUT2D eigenvalue weighted by molar-refractivity contribution is 7.80. The van der Waals surface area contributed by atoms with Crippen LogP contribution in [0.3, 0.4) is 0 Å². The fourth-order valence-corrected chi connectivity index (χ4v) is 1.17. The second-order valence-electron chi connectivity index (χ2n) is 2.77. The molecule has 1 rings (SSSR count). The van der Waals surface area contributed by atoms with E-state index in [1.165, 1.54) is 5.56 Å². The summed E-state index contributed by atoms with van der Waals surface area (Å²) in [7, 11) is 0. The molecule has 0 spiro atoms. The summed E-state index contributed by atoms with van der Waals surface area (Å²) in [6, 6.07) is 7.78. The molecule has 0 aromatic heterocycles. The van der Waals surface area contributed by atoms with E-state index < -0.39 is 0 Å². The average Bonchev–Trinajstić information content (AvgIpc) is 2.17. The standard InChI is InChI=1S/C11H11NS/c1-9-4-5-10(8-12)7-11(9)3-2-6-13/h2-5,7,13H,6H2,1H3. The van der Waals surface area contributed by atoms with E-state index in [0.717, 1.165) is 11.3 Å². The van der Waals surface area contributed by atoms with Gasteiger partial charge in [0.2, 0.25) is 0 Å². The van der Waals surface area contributed by atoms with Gasteiger partial charge in [0, 0.05) is 5.75 Å². The number of thiol groups is 1. The normalized spacial score (nSPS) is 10.2. The highest BCUT2D eigenvalue weighted by Crippen LogP contribution is 2.12. The number of nitriles is 1. The molecule has 1 nitrogen and oxygen atoms in total. The van der Waals surface area contributed by atoms with E-state index >= 15 is 0 Å². The highest BCUT2D eigenvalue weighted by Gasteiger charge is 1.95. The minimum atomic E-state index is 0.699. The third-order valence-corrected chi connectivity index (χ3v) is 2.02. The predicted octanol–water partition coefficient (Wildman–Crippen LogP) is 2.81. The number of benzene rings is 1. The van der Waals surface area contributed by atoms with Crippen LogP contribution in [0, 0.1) is 18.3 Å². The van der Waals surface area contributed by atoms with Crippen molar-refractivity contribution in [3.8, 4) is 6.07 Å². The average molecular weight is 189 g/mol. The minimum absolute atomic E-state index is 0.699. The van der Waals surface area contributed by atoms with Crippen molar-refractivity contribution in [3.63, 3.8) is 0 Å². The maximum absolute atomic E-state index is 8.69. The van der Waals surface area contributed by atoms with Crippen molar-refractivity contribution >= 4 is 18.7 Å². The third kappa shape index (κ3) is 2.64. The Hall–Kier alpha value is -1.20. The Balaban J connectivity index is 3.06. The molecular formula is C11H11NS. The van der Waals surface area contributed by atoms with Gasteiger partial charge in [-0.05, 0) is 30.2 Å². The van der Waals surface area contributed by atoms with Crippen molar-refractivity contribution in [2.75, 3.05) is 5.75 Å². The first-order valence-electron chi connectivity index (χ1n) is 4.06. The summed E-state index contributed by atoms with van der Waals surface area (Å²) in [6.45, 7) is 2.03. The number of hydrogen-bond donors (Lipinski definition) is 1. The van der Waals surface area contributed by atoms with Crippen LogP contribution in [0.1, 0.15) is 16.7 Å². The van der Waals surface area contributed by atoms with E-state index in [1.54, 1.807) is 0 Å². The summed E-state index contributed by atoms with van der Waals surface area (Å²) in [5.74, 6) is 0.718. The summed E-state index contributed by atoms with van der Waals surface area (Å²) in [4.78, 5) is 0. The van der Waals surface area contributed by atoms with Crippen molar-refractivity contribution < 1.29 is 0 Å². The lowest BCUT2D eigenvalue weighted by molar-refractivity contribution is 1.41. The van der Waals surface area contributed by atoms with E-state index in [1.807, 2.05) is 37.3 Å². The predicted molar refractivity (Wildman–Crippen MR) is 58.8 cm³/mol. The Morgan fingerprint density at radius 3 is 2.92 bits per heavy atom. The summed E-state index contributed by atoms with van der Waals surface area (Å²) in [6.07, 6.45) is 3.95. The van der Waals surface area contributed by atoms with Gasteiger partial charge in [-0.1, -0.05) is 18.2 Å². The van der Waals surface area contributed by atoms with Crippen LogP contribution in [0.4, 0.5) is 0 Å². The number of rotatable bonds is 2. The number of nitrogens with zero attached hydrogens (tertiary/aromatic N) is 1. The Labute approximate surface area is 84.1 Å². The molecule has 0 atom stereocenters. The topological polar surface area (TPSA) is 23.8 Å². The van der Waals surface area contributed by atoms with Crippen LogP contribution in [-0.2, 0) is 0 Å². The summed E-state index contributed by atoms with van der Waals surface area (Å²) >= 11 is 4.08. The molecule has 1 aromatic rings. The lowest BCUT2D eigenvalue weighted by atomic mass is 10.1. The Morgan fingerprint density at radius 2 is 2.31 bits per heavy atom. The van der Waals surface area contributed by atoms with Crippen LogP contribution in [0.15, 0.2) is 24.3 Å². The quantitative estimate of drug-likeness (QED) is 0.711. The van der Waals surface area contributed by atoms with Gasteiger partial charge in [-0.3, -0.25) is 0 Å². The molecule has 0 saturated heterocycles. The Kier molecular flexibility index (Phi) is 3.60. The van der Waals surface area contributed by atoms with Crippen molar-refractivity contribution in [1.82, 2.24) is 0 Å². The molecule has 0 N–H and O–H groups in total. The molecule has 0 aliphatic carbocycles. The van der Waals surface area contributed by atoms with Gasteiger partial charge < -0.3 is 0 Å². The zero-order valence-electron chi connectivity index (χ0n) is 7.49. The molecule has 0 bridgehead atoms. The molecule has 66 valence electrons. The van der Waals surface area contributed by atoms with Crippen LogP contribution in [0.2, 0.25) is 0 Å². The van der Waals surface area contributed by atoms with Crippen LogP contribution < -0.4 is 0 Å². The molecule has 0 heterocycles. The summed E-state index contributed by atoms with van der Waals surface area (Å²) in [5.41, 5.74) is 2.97. The van der Waals surface area contributed by atoms with Crippen LogP contribution >= 0.6 is 12.6 Å².